The highest BCUT2D eigenvalue weighted by Crippen LogP contribution is 2.25. The maximum Gasteiger partial charge on any atom is 0.226 e. The summed E-state index contributed by atoms with van der Waals surface area (Å²) < 4.78 is 23.5. The van der Waals surface area contributed by atoms with E-state index in [0.717, 1.165) is 18.8 Å². The molecule has 2 rings (SSSR count). The fourth-order valence-electron chi connectivity index (χ4n) is 2.32. The molecule has 1 amide bonds. The Hall–Kier alpha value is -0.270. The van der Waals surface area contributed by atoms with Crippen LogP contribution in [0.3, 0.4) is 0 Å². The van der Waals surface area contributed by atoms with E-state index in [9.17, 15) is 13.2 Å². The molecule has 0 spiro atoms. The third-order valence-electron chi connectivity index (χ3n) is 3.77. The van der Waals surface area contributed by atoms with Gasteiger partial charge in [0.1, 0.15) is 5.37 Å². The zero-order valence-electron chi connectivity index (χ0n) is 10.8. The predicted molar refractivity (Wildman–Crippen MR) is 73.2 cm³/mol. The maximum absolute atomic E-state index is 12.4. The van der Waals surface area contributed by atoms with Crippen LogP contribution in [0.4, 0.5) is 0 Å². The minimum absolute atomic E-state index is 0.00257. The number of rotatable bonds is 3. The molecule has 2 saturated heterocycles. The first-order valence-electron chi connectivity index (χ1n) is 6.19. The van der Waals surface area contributed by atoms with Crippen molar-refractivity contribution in [1.29, 1.82) is 0 Å². The molecule has 2 heterocycles. The van der Waals surface area contributed by atoms with Crippen LogP contribution in [0.2, 0.25) is 0 Å². The molecule has 104 valence electrons. The highest BCUT2D eigenvalue weighted by atomic mass is 32.2. The summed E-state index contributed by atoms with van der Waals surface area (Å²) in [4.78, 5) is 14.0. The third kappa shape index (κ3) is 2.83. The van der Waals surface area contributed by atoms with Crippen molar-refractivity contribution in [3.05, 3.63) is 0 Å². The number of amides is 1. The molecule has 2 fully saturated rings. The Kier molecular flexibility index (Phi) is 4.23. The second kappa shape index (κ2) is 5.38. The normalized spacial score (nSPS) is 27.7. The number of sulfone groups is 1. The van der Waals surface area contributed by atoms with Gasteiger partial charge in [-0.3, -0.25) is 4.79 Å². The summed E-state index contributed by atoms with van der Waals surface area (Å²) in [6.07, 6.45) is 1.22. The van der Waals surface area contributed by atoms with Gasteiger partial charge in [-0.1, -0.05) is 6.92 Å². The van der Waals surface area contributed by atoms with Gasteiger partial charge in [0.2, 0.25) is 5.91 Å². The van der Waals surface area contributed by atoms with Crippen LogP contribution in [0.25, 0.3) is 0 Å². The topological polar surface area (TPSA) is 66.5 Å². The second-order valence-corrected chi connectivity index (χ2v) is 8.45. The molecule has 5 nitrogen and oxygen atoms in total. The molecule has 1 N–H and O–H groups in total. The number of carbonyl (C=O) groups is 1. The lowest BCUT2D eigenvalue weighted by molar-refractivity contribution is -0.137. The first-order valence-corrected chi connectivity index (χ1v) is 9.30. The van der Waals surface area contributed by atoms with E-state index in [0.29, 0.717) is 18.2 Å². The Morgan fingerprint density at radius 3 is 2.61 bits per heavy atom. The number of nitrogens with one attached hydrogen (secondary N) is 1. The van der Waals surface area contributed by atoms with Crippen molar-refractivity contribution >= 4 is 27.5 Å². The molecular weight excluding hydrogens is 272 g/mol. The van der Waals surface area contributed by atoms with Gasteiger partial charge in [0.05, 0.1) is 0 Å². The van der Waals surface area contributed by atoms with E-state index in [2.05, 4.69) is 5.32 Å². The van der Waals surface area contributed by atoms with Crippen molar-refractivity contribution in [3.63, 3.8) is 0 Å². The van der Waals surface area contributed by atoms with Crippen LogP contribution in [0, 0.1) is 11.8 Å². The van der Waals surface area contributed by atoms with Gasteiger partial charge in [-0.2, -0.15) is 11.8 Å². The molecule has 0 aromatic carbocycles. The van der Waals surface area contributed by atoms with E-state index < -0.39 is 15.2 Å². The summed E-state index contributed by atoms with van der Waals surface area (Å²) in [5.74, 6) is 1.59. The lowest BCUT2D eigenvalue weighted by Gasteiger charge is -2.39. The van der Waals surface area contributed by atoms with Gasteiger partial charge in [-0.25, -0.2) is 8.42 Å². The summed E-state index contributed by atoms with van der Waals surface area (Å²) in [7, 11) is -3.20. The lowest BCUT2D eigenvalue weighted by Crippen LogP contribution is -2.55. The number of nitrogens with zero attached hydrogens (tertiary/aromatic N) is 1. The molecule has 2 aliphatic heterocycles. The molecule has 0 aromatic heterocycles. The lowest BCUT2D eigenvalue weighted by atomic mass is 9.88. The van der Waals surface area contributed by atoms with Gasteiger partial charge in [0.25, 0.3) is 0 Å². The second-order valence-electron chi connectivity index (χ2n) is 5.10. The molecule has 2 unspecified atom stereocenters. The molecule has 2 aliphatic rings. The molecule has 0 aliphatic carbocycles. The first kappa shape index (κ1) is 14.1. The van der Waals surface area contributed by atoms with Crippen LogP contribution < -0.4 is 5.32 Å². The van der Waals surface area contributed by atoms with Crippen molar-refractivity contribution in [2.45, 2.75) is 12.3 Å². The van der Waals surface area contributed by atoms with Gasteiger partial charge in [0, 0.05) is 30.2 Å². The van der Waals surface area contributed by atoms with E-state index in [4.69, 9.17) is 0 Å². The van der Waals surface area contributed by atoms with Crippen LogP contribution in [-0.2, 0) is 14.6 Å². The summed E-state index contributed by atoms with van der Waals surface area (Å²) in [5, 5.41) is 2.51. The largest absolute Gasteiger partial charge is 0.324 e. The summed E-state index contributed by atoms with van der Waals surface area (Å²) in [5.41, 5.74) is 0. The Balaban J connectivity index is 2.10. The summed E-state index contributed by atoms with van der Waals surface area (Å²) in [6.45, 7) is 4.18. The Morgan fingerprint density at radius 2 is 2.11 bits per heavy atom. The minimum Gasteiger partial charge on any atom is -0.324 e. The zero-order chi connectivity index (χ0) is 13.3. The van der Waals surface area contributed by atoms with E-state index in [1.54, 1.807) is 16.7 Å². The average molecular weight is 292 g/mol. The molecule has 7 heteroatoms. The van der Waals surface area contributed by atoms with Gasteiger partial charge < -0.3 is 10.2 Å². The standard InChI is InChI=1S/C11H20N2O3S2/c1-8(9-5-12-6-9)11(14)13-3-4-17-7-10(13)18(2,15)16/h8-10,12H,3-7H2,1-2H3. The molecule has 0 saturated carbocycles. The zero-order valence-corrected chi connectivity index (χ0v) is 12.4. The van der Waals surface area contributed by atoms with E-state index in [-0.39, 0.29) is 11.8 Å². The molecule has 0 bridgehead atoms. The Morgan fingerprint density at radius 1 is 1.44 bits per heavy atom. The molecule has 2 atom stereocenters. The van der Waals surface area contributed by atoms with Crippen molar-refractivity contribution in [2.75, 3.05) is 37.4 Å². The van der Waals surface area contributed by atoms with Crippen molar-refractivity contribution in [2.24, 2.45) is 11.8 Å². The number of hydrogen-bond acceptors (Lipinski definition) is 5. The third-order valence-corrected chi connectivity index (χ3v) is 6.41. The fourth-order valence-corrected chi connectivity index (χ4v) is 5.14. The van der Waals surface area contributed by atoms with Gasteiger partial charge in [0.15, 0.2) is 9.84 Å². The number of carbonyl (C=O) groups excluding carboxylic acids is 1. The monoisotopic (exact) mass is 292 g/mol. The Labute approximate surface area is 113 Å². The van der Waals surface area contributed by atoms with Crippen LogP contribution in [0.5, 0.6) is 0 Å². The average Bonchev–Trinajstić information content (AvgIpc) is 2.24. The van der Waals surface area contributed by atoms with Crippen LogP contribution in [0.15, 0.2) is 0 Å². The Bertz CT molecular complexity index is 420. The van der Waals surface area contributed by atoms with Crippen molar-refractivity contribution in [3.8, 4) is 0 Å². The molecule has 0 radical (unpaired) electrons. The van der Waals surface area contributed by atoms with Gasteiger partial charge >= 0.3 is 0 Å². The van der Waals surface area contributed by atoms with Crippen molar-refractivity contribution < 1.29 is 13.2 Å². The van der Waals surface area contributed by atoms with Gasteiger partial charge in [-0.05, 0) is 19.0 Å². The molecule has 18 heavy (non-hydrogen) atoms. The fraction of sp³-hybridized carbons (Fsp3) is 0.909. The first-order chi connectivity index (χ1) is 8.41. The quantitative estimate of drug-likeness (QED) is 0.779. The smallest absolute Gasteiger partial charge is 0.226 e. The van der Waals surface area contributed by atoms with E-state index in [1.165, 1.54) is 6.26 Å². The van der Waals surface area contributed by atoms with E-state index in [1.807, 2.05) is 6.92 Å². The SMILES string of the molecule is CC(C(=O)N1CCSCC1S(C)(=O)=O)C1CNC1. The summed E-state index contributed by atoms with van der Waals surface area (Å²) in [6, 6.07) is 0. The minimum atomic E-state index is -3.20. The maximum atomic E-state index is 12.4. The molecular formula is C11H20N2O3S2. The van der Waals surface area contributed by atoms with E-state index >= 15 is 0 Å². The number of hydrogen-bond donors (Lipinski definition) is 1. The van der Waals surface area contributed by atoms with Crippen LogP contribution >= 0.6 is 11.8 Å². The van der Waals surface area contributed by atoms with Gasteiger partial charge in [-0.15, -0.1) is 0 Å². The van der Waals surface area contributed by atoms with Crippen LogP contribution in [-0.4, -0.2) is 62.0 Å². The number of thioether (sulfide) groups is 1. The highest BCUT2D eigenvalue weighted by Gasteiger charge is 2.39. The predicted octanol–water partition coefficient (Wildman–Crippen LogP) is -0.212. The van der Waals surface area contributed by atoms with Crippen LogP contribution in [0.1, 0.15) is 6.92 Å². The highest BCUT2D eigenvalue weighted by molar-refractivity contribution is 8.00. The molecule has 0 aromatic rings. The summed E-state index contributed by atoms with van der Waals surface area (Å²) >= 11 is 1.61. The van der Waals surface area contributed by atoms with Crippen molar-refractivity contribution in [1.82, 2.24) is 10.2 Å².